The molecule has 0 bridgehead atoms. The maximum absolute atomic E-state index is 12.4. The Kier molecular flexibility index (Phi) is 2.91. The lowest BCUT2D eigenvalue weighted by atomic mass is 10.1. The highest BCUT2D eigenvalue weighted by atomic mass is 32.2. The summed E-state index contributed by atoms with van der Waals surface area (Å²) in [6.07, 6.45) is 0. The Morgan fingerprint density at radius 2 is 2.06 bits per heavy atom. The van der Waals surface area contributed by atoms with Gasteiger partial charge in [-0.15, -0.1) is 0 Å². The third-order valence-electron chi connectivity index (χ3n) is 3.58. The van der Waals surface area contributed by atoms with Gasteiger partial charge in [-0.1, -0.05) is 6.07 Å². The van der Waals surface area contributed by atoms with Gasteiger partial charge in [0.25, 0.3) is 0 Å². The van der Waals surface area contributed by atoms with Gasteiger partial charge < -0.3 is 10.6 Å². The molecule has 1 aliphatic heterocycles. The molecule has 1 aromatic carbocycles. The molecule has 0 aromatic heterocycles. The number of sulfone groups is 1. The van der Waals surface area contributed by atoms with E-state index >= 15 is 0 Å². The zero-order valence-electron chi connectivity index (χ0n) is 10.3. The Morgan fingerprint density at radius 1 is 1.41 bits per heavy atom. The highest BCUT2D eigenvalue weighted by Crippen LogP contribution is 2.36. The topological polar surface area (TPSA) is 63.4 Å². The van der Waals surface area contributed by atoms with E-state index in [2.05, 4.69) is 0 Å². The van der Waals surface area contributed by atoms with E-state index in [0.29, 0.717) is 4.90 Å². The molecule has 0 radical (unpaired) electrons. The van der Waals surface area contributed by atoms with Gasteiger partial charge in [0.05, 0.1) is 15.8 Å². The Bertz CT molecular complexity index is 539. The third-order valence-corrected chi connectivity index (χ3v) is 5.92. The fraction of sp³-hybridized carbons (Fsp3) is 0.500. The van der Waals surface area contributed by atoms with Gasteiger partial charge in [-0.25, -0.2) is 8.42 Å². The number of aryl methyl sites for hydroxylation is 1. The van der Waals surface area contributed by atoms with E-state index in [9.17, 15) is 8.42 Å². The predicted molar refractivity (Wildman–Crippen MR) is 69.1 cm³/mol. The van der Waals surface area contributed by atoms with Gasteiger partial charge in [0, 0.05) is 19.6 Å². The average molecular weight is 254 g/mol. The summed E-state index contributed by atoms with van der Waals surface area (Å²) in [4.78, 5) is 2.40. The summed E-state index contributed by atoms with van der Waals surface area (Å²) in [5, 5.41) is -0.525. The Balaban J connectivity index is 2.70. The maximum atomic E-state index is 12.4. The number of hydrogen-bond donors (Lipinski definition) is 1. The van der Waals surface area contributed by atoms with Gasteiger partial charge in [0.15, 0.2) is 9.84 Å². The van der Waals surface area contributed by atoms with E-state index in [1.807, 2.05) is 37.9 Å². The molecule has 1 aromatic rings. The van der Waals surface area contributed by atoms with Crippen LogP contribution in [0.5, 0.6) is 0 Å². The number of hydrogen-bond acceptors (Lipinski definition) is 4. The summed E-state index contributed by atoms with van der Waals surface area (Å²) in [5.41, 5.74) is 7.45. The SMILES string of the molecule is Cc1ccc2c(c1)N(C)C(C)C(CN)S2(=O)=O. The molecule has 94 valence electrons. The van der Waals surface area contributed by atoms with Crippen molar-refractivity contribution in [3.63, 3.8) is 0 Å². The molecule has 0 saturated heterocycles. The van der Waals surface area contributed by atoms with Gasteiger partial charge in [-0.3, -0.25) is 0 Å². The van der Waals surface area contributed by atoms with Crippen LogP contribution in [-0.2, 0) is 9.84 Å². The highest BCUT2D eigenvalue weighted by molar-refractivity contribution is 7.92. The van der Waals surface area contributed by atoms with E-state index in [0.717, 1.165) is 11.3 Å². The number of rotatable bonds is 1. The van der Waals surface area contributed by atoms with Crippen molar-refractivity contribution in [2.75, 3.05) is 18.5 Å². The van der Waals surface area contributed by atoms with E-state index in [1.165, 1.54) is 0 Å². The molecule has 2 rings (SSSR count). The van der Waals surface area contributed by atoms with Crippen LogP contribution in [0.25, 0.3) is 0 Å². The standard InChI is InChI=1S/C12H18N2O2S/c1-8-4-5-11-10(6-8)14(3)9(2)12(7-13)17(11,15)16/h4-6,9,12H,7,13H2,1-3H3. The first kappa shape index (κ1) is 12.4. The van der Waals surface area contributed by atoms with Crippen LogP contribution >= 0.6 is 0 Å². The summed E-state index contributed by atoms with van der Waals surface area (Å²) < 4.78 is 24.8. The van der Waals surface area contributed by atoms with Gasteiger partial charge in [0.1, 0.15) is 0 Å². The van der Waals surface area contributed by atoms with Crippen molar-refractivity contribution in [2.24, 2.45) is 5.73 Å². The van der Waals surface area contributed by atoms with Crippen LogP contribution in [0.1, 0.15) is 12.5 Å². The fourth-order valence-electron chi connectivity index (χ4n) is 2.36. The minimum atomic E-state index is -3.30. The van der Waals surface area contributed by atoms with E-state index in [1.54, 1.807) is 6.07 Å². The first-order valence-electron chi connectivity index (χ1n) is 5.67. The van der Waals surface area contributed by atoms with E-state index < -0.39 is 15.1 Å². The molecule has 0 aliphatic carbocycles. The molecular weight excluding hydrogens is 236 g/mol. The molecule has 2 unspecified atom stereocenters. The Hall–Kier alpha value is -1.07. The van der Waals surface area contributed by atoms with Crippen LogP contribution in [0.4, 0.5) is 5.69 Å². The summed E-state index contributed by atoms with van der Waals surface area (Å²) >= 11 is 0. The van der Waals surface area contributed by atoms with Crippen molar-refractivity contribution < 1.29 is 8.42 Å². The monoisotopic (exact) mass is 254 g/mol. The van der Waals surface area contributed by atoms with Crippen LogP contribution in [0.3, 0.4) is 0 Å². The summed E-state index contributed by atoms with van der Waals surface area (Å²) in [6, 6.07) is 5.33. The first-order valence-corrected chi connectivity index (χ1v) is 7.21. The molecule has 1 aliphatic rings. The molecule has 2 N–H and O–H groups in total. The molecule has 0 saturated carbocycles. The zero-order chi connectivity index (χ0) is 12.8. The van der Waals surface area contributed by atoms with Crippen LogP contribution in [-0.4, -0.2) is 33.3 Å². The van der Waals surface area contributed by atoms with Gasteiger partial charge in [-0.05, 0) is 31.5 Å². The normalized spacial score (nSPS) is 26.7. The summed E-state index contributed by atoms with van der Waals surface area (Å²) in [7, 11) is -1.38. The molecule has 4 nitrogen and oxygen atoms in total. The molecule has 17 heavy (non-hydrogen) atoms. The second-order valence-electron chi connectivity index (χ2n) is 4.64. The lowest BCUT2D eigenvalue weighted by Gasteiger charge is -2.38. The molecule has 1 heterocycles. The number of nitrogens with two attached hydrogens (primary N) is 1. The second kappa shape index (κ2) is 3.99. The van der Waals surface area contributed by atoms with E-state index in [4.69, 9.17) is 5.73 Å². The third kappa shape index (κ3) is 1.73. The fourth-order valence-corrected chi connectivity index (χ4v) is 4.39. The molecule has 0 amide bonds. The largest absolute Gasteiger partial charge is 0.369 e. The molecule has 0 fully saturated rings. The van der Waals surface area contributed by atoms with Gasteiger partial charge in [-0.2, -0.15) is 0 Å². The Labute approximate surface area is 102 Å². The summed E-state index contributed by atoms with van der Waals surface area (Å²) in [6.45, 7) is 4.02. The molecule has 0 spiro atoms. The molecule has 2 atom stereocenters. The summed E-state index contributed by atoms with van der Waals surface area (Å²) in [5.74, 6) is 0. The number of nitrogens with zero attached hydrogens (tertiary/aromatic N) is 1. The van der Waals surface area contributed by atoms with Crippen molar-refractivity contribution in [2.45, 2.75) is 30.0 Å². The van der Waals surface area contributed by atoms with Crippen LogP contribution in [0, 0.1) is 6.92 Å². The number of fused-ring (bicyclic) bond motifs is 1. The lowest BCUT2D eigenvalue weighted by Crippen LogP contribution is -2.51. The van der Waals surface area contributed by atoms with Crippen molar-refractivity contribution in [3.05, 3.63) is 23.8 Å². The van der Waals surface area contributed by atoms with Crippen LogP contribution in [0.15, 0.2) is 23.1 Å². The van der Waals surface area contributed by atoms with Crippen LogP contribution in [0.2, 0.25) is 0 Å². The smallest absolute Gasteiger partial charge is 0.186 e. The molecular formula is C12H18N2O2S. The average Bonchev–Trinajstić information content (AvgIpc) is 2.26. The minimum absolute atomic E-state index is 0.0979. The minimum Gasteiger partial charge on any atom is -0.369 e. The van der Waals surface area contributed by atoms with Crippen molar-refractivity contribution in [1.29, 1.82) is 0 Å². The number of anilines is 1. The van der Waals surface area contributed by atoms with Gasteiger partial charge >= 0.3 is 0 Å². The Morgan fingerprint density at radius 3 is 2.65 bits per heavy atom. The number of benzene rings is 1. The van der Waals surface area contributed by atoms with Gasteiger partial charge in [0.2, 0.25) is 0 Å². The van der Waals surface area contributed by atoms with Crippen LogP contribution < -0.4 is 10.6 Å². The maximum Gasteiger partial charge on any atom is 0.186 e. The predicted octanol–water partition coefficient (Wildman–Crippen LogP) is 0.934. The van der Waals surface area contributed by atoms with Crippen molar-refractivity contribution in [1.82, 2.24) is 0 Å². The molecule has 5 heteroatoms. The van der Waals surface area contributed by atoms with Crippen molar-refractivity contribution >= 4 is 15.5 Å². The van der Waals surface area contributed by atoms with Crippen molar-refractivity contribution in [3.8, 4) is 0 Å². The second-order valence-corrected chi connectivity index (χ2v) is 6.78. The first-order chi connectivity index (χ1) is 7.89. The van der Waals surface area contributed by atoms with E-state index in [-0.39, 0.29) is 12.6 Å². The zero-order valence-corrected chi connectivity index (χ0v) is 11.2. The highest BCUT2D eigenvalue weighted by Gasteiger charge is 2.40. The quantitative estimate of drug-likeness (QED) is 0.810. The lowest BCUT2D eigenvalue weighted by molar-refractivity contribution is 0.539.